The lowest BCUT2D eigenvalue weighted by Gasteiger charge is -2.23. The molecule has 130 valence electrons. The number of halogens is 2. The Labute approximate surface area is 152 Å². The van der Waals surface area contributed by atoms with Crippen molar-refractivity contribution in [3.63, 3.8) is 0 Å². The van der Waals surface area contributed by atoms with Crippen molar-refractivity contribution >= 4 is 23.1 Å². The maximum absolute atomic E-state index is 13.4. The fourth-order valence-corrected chi connectivity index (χ4v) is 4.10. The van der Waals surface area contributed by atoms with Crippen LogP contribution in [0.25, 0.3) is 0 Å². The average molecular weight is 360 g/mol. The molecule has 0 fully saturated rings. The highest BCUT2D eigenvalue weighted by Crippen LogP contribution is 2.35. The summed E-state index contributed by atoms with van der Waals surface area (Å²) in [5.74, 6) is 0.823. The number of β-amino-alcohol motifs (C(OH)–C–C–N with tert-alkyl or cyclic N) is 1. The van der Waals surface area contributed by atoms with Gasteiger partial charge in [-0.2, -0.15) is 0 Å². The number of aliphatic hydroxyl groups is 1. The Hall–Kier alpha value is -1.91. The number of anilines is 1. The molecule has 2 heterocycles. The van der Waals surface area contributed by atoms with E-state index in [9.17, 15) is 9.50 Å². The van der Waals surface area contributed by atoms with Crippen LogP contribution in [-0.4, -0.2) is 28.6 Å². The van der Waals surface area contributed by atoms with Crippen LogP contribution in [0, 0.1) is 5.82 Å². The summed E-state index contributed by atoms with van der Waals surface area (Å²) in [7, 11) is 0. The Morgan fingerprint density at radius 2 is 1.88 bits per heavy atom. The highest BCUT2D eigenvalue weighted by molar-refractivity contribution is 6.30. The molecule has 0 saturated heterocycles. The van der Waals surface area contributed by atoms with Crippen LogP contribution in [-0.2, 0) is 5.72 Å². The van der Waals surface area contributed by atoms with Gasteiger partial charge in [-0.25, -0.2) is 13.9 Å². The Balaban J connectivity index is 1.81. The number of amidine groups is 1. The van der Waals surface area contributed by atoms with E-state index in [4.69, 9.17) is 11.6 Å². The topological polar surface area (TPSA) is 26.5 Å². The molecule has 3 nitrogen and oxygen atoms in total. The molecule has 1 N–H and O–H groups in total. The summed E-state index contributed by atoms with van der Waals surface area (Å²) in [4.78, 5) is 2.15. The first-order valence-electron chi connectivity index (χ1n) is 8.73. The van der Waals surface area contributed by atoms with E-state index in [1.807, 2.05) is 24.3 Å². The van der Waals surface area contributed by atoms with E-state index in [2.05, 4.69) is 9.48 Å². The Morgan fingerprint density at radius 3 is 2.64 bits per heavy atom. The first kappa shape index (κ1) is 16.6. The van der Waals surface area contributed by atoms with Gasteiger partial charge in [0.05, 0.1) is 6.54 Å². The van der Waals surface area contributed by atoms with Crippen LogP contribution in [0.3, 0.4) is 0 Å². The lowest BCUT2D eigenvalue weighted by atomic mass is 10.0. The molecule has 0 saturated carbocycles. The Kier molecular flexibility index (Phi) is 4.26. The quantitative estimate of drug-likeness (QED) is 0.816. The fourth-order valence-electron chi connectivity index (χ4n) is 3.92. The maximum atomic E-state index is 13.4. The standard InChI is InChI=1S/C20H21ClFN2O/c21-16-5-4-6-18(13-16)23-14-20(25,15-8-10-17(22)11-9-15)24-12-3-1-2-7-19(23)24/h4-6,8-11,13,25H,1-3,7,12,14H2/q+1. The first-order valence-corrected chi connectivity index (χ1v) is 9.11. The fraction of sp³-hybridized carbons (Fsp3) is 0.350. The lowest BCUT2D eigenvalue weighted by molar-refractivity contribution is -0.658. The Morgan fingerprint density at radius 1 is 1.08 bits per heavy atom. The molecule has 1 atom stereocenters. The van der Waals surface area contributed by atoms with Crippen molar-refractivity contribution in [2.24, 2.45) is 0 Å². The first-order chi connectivity index (χ1) is 12.1. The van der Waals surface area contributed by atoms with E-state index in [1.165, 1.54) is 12.1 Å². The van der Waals surface area contributed by atoms with Crippen molar-refractivity contribution in [2.75, 3.05) is 18.0 Å². The predicted octanol–water partition coefficient (Wildman–Crippen LogP) is 4.13. The lowest BCUT2D eigenvalue weighted by Crippen LogP contribution is -2.41. The smallest absolute Gasteiger partial charge is 0.271 e. The van der Waals surface area contributed by atoms with E-state index < -0.39 is 5.72 Å². The van der Waals surface area contributed by atoms with Crippen molar-refractivity contribution < 1.29 is 14.1 Å². The molecule has 2 aliphatic rings. The predicted molar refractivity (Wildman–Crippen MR) is 97.7 cm³/mol. The van der Waals surface area contributed by atoms with Crippen LogP contribution >= 0.6 is 11.6 Å². The van der Waals surface area contributed by atoms with Crippen molar-refractivity contribution in [3.05, 3.63) is 64.9 Å². The van der Waals surface area contributed by atoms with Gasteiger partial charge in [0, 0.05) is 23.1 Å². The number of benzene rings is 2. The number of hydrogen-bond donors (Lipinski definition) is 1. The molecule has 2 aromatic carbocycles. The van der Waals surface area contributed by atoms with E-state index in [-0.39, 0.29) is 5.82 Å². The summed E-state index contributed by atoms with van der Waals surface area (Å²) < 4.78 is 15.4. The molecule has 25 heavy (non-hydrogen) atoms. The summed E-state index contributed by atoms with van der Waals surface area (Å²) in [6.45, 7) is 1.20. The minimum absolute atomic E-state index is 0.294. The molecule has 0 amide bonds. The van der Waals surface area contributed by atoms with Gasteiger partial charge in [-0.3, -0.25) is 0 Å². The third kappa shape index (κ3) is 2.94. The largest absolute Gasteiger partial charge is 0.346 e. The molecule has 0 radical (unpaired) electrons. The zero-order valence-corrected chi connectivity index (χ0v) is 14.7. The van der Waals surface area contributed by atoms with Crippen molar-refractivity contribution in [1.82, 2.24) is 0 Å². The van der Waals surface area contributed by atoms with Gasteiger partial charge in [0.1, 0.15) is 11.5 Å². The summed E-state index contributed by atoms with van der Waals surface area (Å²) in [5.41, 5.74) is 0.542. The summed E-state index contributed by atoms with van der Waals surface area (Å²) in [6.07, 6.45) is 4.19. The van der Waals surface area contributed by atoms with Gasteiger partial charge < -0.3 is 5.11 Å². The average Bonchev–Trinajstić information content (AvgIpc) is 2.76. The SMILES string of the molecule is OC1(c2ccc(F)cc2)CN(c2cccc(Cl)c2)C2=[N+]1CCCCC2. The minimum Gasteiger partial charge on any atom is -0.346 e. The normalized spacial score (nSPS) is 23.6. The summed E-state index contributed by atoms with van der Waals surface area (Å²) >= 11 is 6.18. The van der Waals surface area contributed by atoms with Crippen LogP contribution in [0.5, 0.6) is 0 Å². The summed E-state index contributed by atoms with van der Waals surface area (Å²) in [6, 6.07) is 13.9. The zero-order valence-electron chi connectivity index (χ0n) is 14.0. The van der Waals surface area contributed by atoms with Crippen molar-refractivity contribution in [2.45, 2.75) is 31.4 Å². The van der Waals surface area contributed by atoms with Gasteiger partial charge in [-0.05, 0) is 55.7 Å². The minimum atomic E-state index is -1.16. The van der Waals surface area contributed by atoms with Crippen LogP contribution in [0.1, 0.15) is 31.2 Å². The third-order valence-electron chi connectivity index (χ3n) is 5.16. The van der Waals surface area contributed by atoms with E-state index >= 15 is 0 Å². The highest BCUT2D eigenvalue weighted by atomic mass is 35.5. The molecule has 2 aliphatic heterocycles. The number of nitrogens with zero attached hydrogens (tertiary/aromatic N) is 2. The van der Waals surface area contributed by atoms with E-state index in [0.29, 0.717) is 11.6 Å². The van der Waals surface area contributed by atoms with Crippen LogP contribution < -0.4 is 4.90 Å². The van der Waals surface area contributed by atoms with Crippen LogP contribution in [0.2, 0.25) is 5.02 Å². The molecule has 0 spiro atoms. The third-order valence-corrected chi connectivity index (χ3v) is 5.39. The molecule has 0 aliphatic carbocycles. The monoisotopic (exact) mass is 359 g/mol. The van der Waals surface area contributed by atoms with Gasteiger partial charge in [0.25, 0.3) is 11.6 Å². The van der Waals surface area contributed by atoms with Gasteiger partial charge >= 0.3 is 0 Å². The zero-order chi connectivity index (χ0) is 17.4. The molecule has 0 aromatic heterocycles. The molecule has 4 rings (SSSR count). The van der Waals surface area contributed by atoms with Crippen LogP contribution in [0.4, 0.5) is 10.1 Å². The van der Waals surface area contributed by atoms with E-state index in [0.717, 1.165) is 49.3 Å². The number of rotatable bonds is 2. The molecular weight excluding hydrogens is 339 g/mol. The van der Waals surface area contributed by atoms with Gasteiger partial charge in [-0.15, -0.1) is 0 Å². The van der Waals surface area contributed by atoms with Crippen molar-refractivity contribution in [3.8, 4) is 0 Å². The molecular formula is C20H21ClFN2O+. The second-order valence-electron chi connectivity index (χ2n) is 6.77. The maximum Gasteiger partial charge on any atom is 0.271 e. The van der Waals surface area contributed by atoms with Crippen molar-refractivity contribution in [1.29, 1.82) is 0 Å². The number of hydrogen-bond acceptors (Lipinski definition) is 2. The van der Waals surface area contributed by atoms with Gasteiger partial charge in [-0.1, -0.05) is 17.7 Å². The Bertz CT molecular complexity index is 821. The second kappa shape index (κ2) is 6.43. The molecule has 5 heteroatoms. The van der Waals surface area contributed by atoms with E-state index in [1.54, 1.807) is 12.1 Å². The highest BCUT2D eigenvalue weighted by Gasteiger charge is 2.51. The summed E-state index contributed by atoms with van der Waals surface area (Å²) in [5, 5.41) is 12.3. The molecule has 0 bridgehead atoms. The second-order valence-corrected chi connectivity index (χ2v) is 7.20. The van der Waals surface area contributed by atoms with Gasteiger partial charge in [0.15, 0.2) is 6.54 Å². The van der Waals surface area contributed by atoms with Gasteiger partial charge in [0.2, 0.25) is 0 Å². The molecule has 1 unspecified atom stereocenters. The molecule has 2 aromatic rings. The van der Waals surface area contributed by atoms with Crippen LogP contribution in [0.15, 0.2) is 48.5 Å².